The Balaban J connectivity index is 1.46. The summed E-state index contributed by atoms with van der Waals surface area (Å²) in [7, 11) is 0. The second-order valence-corrected chi connectivity index (χ2v) is 7.67. The van der Waals surface area contributed by atoms with Crippen molar-refractivity contribution in [2.45, 2.75) is 31.2 Å². The summed E-state index contributed by atoms with van der Waals surface area (Å²) in [6.07, 6.45) is 3.04. The zero-order chi connectivity index (χ0) is 17.8. The van der Waals surface area contributed by atoms with Crippen LogP contribution in [-0.4, -0.2) is 43.1 Å². The van der Waals surface area contributed by atoms with Crippen LogP contribution in [0.1, 0.15) is 30.0 Å². The van der Waals surface area contributed by atoms with Crippen molar-refractivity contribution in [1.82, 2.24) is 4.98 Å². The summed E-state index contributed by atoms with van der Waals surface area (Å²) in [4.78, 5) is 7.26. The van der Waals surface area contributed by atoms with Crippen LogP contribution in [0.4, 0.5) is 11.5 Å². The molecule has 0 bridgehead atoms. The highest BCUT2D eigenvalue weighted by Gasteiger charge is 2.29. The van der Waals surface area contributed by atoms with Crippen LogP contribution in [0.15, 0.2) is 42.5 Å². The second kappa shape index (κ2) is 8.31. The molecular formula is C21H27N3OS. The zero-order valence-corrected chi connectivity index (χ0v) is 16.0. The number of aromatic nitrogens is 1. The number of rotatable bonds is 6. The maximum atomic E-state index is 5.47. The number of nitrogens with zero attached hydrogens (tertiary/aromatic N) is 2. The average Bonchev–Trinajstić information content (AvgIpc) is 2.62. The molecule has 2 saturated heterocycles. The highest BCUT2D eigenvalue weighted by Crippen LogP contribution is 2.32. The summed E-state index contributed by atoms with van der Waals surface area (Å²) in [5.74, 6) is 2.52. The predicted octanol–water partition coefficient (Wildman–Crippen LogP) is 3.75. The molecule has 1 aromatic heterocycles. The molecule has 0 amide bonds. The van der Waals surface area contributed by atoms with Crippen molar-refractivity contribution in [3.63, 3.8) is 0 Å². The van der Waals surface area contributed by atoms with E-state index in [4.69, 9.17) is 9.72 Å². The van der Waals surface area contributed by atoms with E-state index in [2.05, 4.69) is 65.3 Å². The van der Waals surface area contributed by atoms with Gasteiger partial charge in [-0.25, -0.2) is 4.98 Å². The van der Waals surface area contributed by atoms with Crippen LogP contribution in [0.25, 0.3) is 0 Å². The third kappa shape index (κ3) is 4.15. The van der Waals surface area contributed by atoms with Crippen molar-refractivity contribution >= 4 is 24.1 Å². The molecule has 0 unspecified atom stereocenters. The average molecular weight is 370 g/mol. The zero-order valence-electron chi connectivity index (χ0n) is 15.1. The molecular weight excluding hydrogens is 342 g/mol. The van der Waals surface area contributed by atoms with Gasteiger partial charge in [-0.1, -0.05) is 30.3 Å². The predicted molar refractivity (Wildman–Crippen MR) is 111 cm³/mol. The first-order chi connectivity index (χ1) is 12.8. The third-order valence-corrected chi connectivity index (χ3v) is 5.53. The quantitative estimate of drug-likeness (QED) is 0.761. The number of hydrogen-bond donors (Lipinski definition) is 2. The van der Waals surface area contributed by atoms with Gasteiger partial charge in [-0.05, 0) is 36.6 Å². The standard InChI is InChI=1S/C21H27N3OS/c26-11-8-19-12-20(22-18-6-9-25-10-7-18)13-21(23-19)24-14-17(15-24)16-4-2-1-3-5-16/h1-5,12-13,17-18,26H,6-11,14-15H2,(H,22,23). The summed E-state index contributed by atoms with van der Waals surface area (Å²) in [6.45, 7) is 3.78. The van der Waals surface area contributed by atoms with E-state index in [1.165, 1.54) is 11.3 Å². The molecule has 0 radical (unpaired) electrons. The molecule has 4 nitrogen and oxygen atoms in total. The number of ether oxygens (including phenoxy) is 1. The van der Waals surface area contributed by atoms with Gasteiger partial charge in [0, 0.05) is 55.7 Å². The van der Waals surface area contributed by atoms with Crippen molar-refractivity contribution in [1.29, 1.82) is 0 Å². The van der Waals surface area contributed by atoms with Crippen molar-refractivity contribution in [3.05, 3.63) is 53.7 Å². The molecule has 3 heterocycles. The molecule has 5 heteroatoms. The van der Waals surface area contributed by atoms with Crippen molar-refractivity contribution in [3.8, 4) is 0 Å². The molecule has 26 heavy (non-hydrogen) atoms. The smallest absolute Gasteiger partial charge is 0.130 e. The molecule has 1 aromatic carbocycles. The van der Waals surface area contributed by atoms with Crippen molar-refractivity contribution in [2.75, 3.05) is 42.3 Å². The molecule has 1 N–H and O–H groups in total. The summed E-state index contributed by atoms with van der Waals surface area (Å²) >= 11 is 4.39. The summed E-state index contributed by atoms with van der Waals surface area (Å²) in [5.41, 5.74) is 3.73. The highest BCUT2D eigenvalue weighted by molar-refractivity contribution is 7.80. The number of anilines is 2. The summed E-state index contributed by atoms with van der Waals surface area (Å²) in [6, 6.07) is 15.7. The van der Waals surface area contributed by atoms with Crippen LogP contribution in [0.2, 0.25) is 0 Å². The minimum atomic E-state index is 0.497. The van der Waals surface area contributed by atoms with Crippen LogP contribution in [0, 0.1) is 0 Å². The number of benzene rings is 1. The van der Waals surface area contributed by atoms with Crippen LogP contribution < -0.4 is 10.2 Å². The van der Waals surface area contributed by atoms with Crippen molar-refractivity contribution < 1.29 is 4.74 Å². The van der Waals surface area contributed by atoms with E-state index in [-0.39, 0.29) is 0 Å². The van der Waals surface area contributed by atoms with Gasteiger partial charge in [-0.2, -0.15) is 12.6 Å². The summed E-state index contributed by atoms with van der Waals surface area (Å²) in [5, 5.41) is 3.69. The lowest BCUT2D eigenvalue weighted by molar-refractivity contribution is 0.0904. The molecule has 0 saturated carbocycles. The Morgan fingerprint density at radius 1 is 1.12 bits per heavy atom. The number of nitrogens with one attached hydrogen (secondary N) is 1. The number of hydrogen-bond acceptors (Lipinski definition) is 5. The lowest BCUT2D eigenvalue weighted by Gasteiger charge is -2.41. The minimum Gasteiger partial charge on any atom is -0.382 e. The normalized spacial score (nSPS) is 18.6. The van der Waals surface area contributed by atoms with Gasteiger partial charge in [0.15, 0.2) is 0 Å². The fourth-order valence-corrected chi connectivity index (χ4v) is 3.97. The molecule has 4 rings (SSSR count). The molecule has 2 fully saturated rings. The molecule has 0 atom stereocenters. The Hall–Kier alpha value is -1.72. The molecule has 2 aliphatic heterocycles. The first-order valence-electron chi connectivity index (χ1n) is 9.58. The van der Waals surface area contributed by atoms with E-state index in [0.717, 1.165) is 62.8 Å². The third-order valence-electron chi connectivity index (χ3n) is 5.30. The molecule has 2 aromatic rings. The van der Waals surface area contributed by atoms with Gasteiger partial charge in [0.25, 0.3) is 0 Å². The van der Waals surface area contributed by atoms with Crippen LogP contribution in [-0.2, 0) is 11.2 Å². The fraction of sp³-hybridized carbons (Fsp3) is 0.476. The van der Waals surface area contributed by atoms with Crippen LogP contribution in [0.5, 0.6) is 0 Å². The number of pyridine rings is 1. The first-order valence-corrected chi connectivity index (χ1v) is 10.2. The number of aryl methyl sites for hydroxylation is 1. The molecule has 0 aliphatic carbocycles. The van der Waals surface area contributed by atoms with Gasteiger partial charge in [0.2, 0.25) is 0 Å². The Kier molecular flexibility index (Phi) is 5.65. The van der Waals surface area contributed by atoms with Crippen LogP contribution in [0.3, 0.4) is 0 Å². The van der Waals surface area contributed by atoms with Gasteiger partial charge in [-0.15, -0.1) is 0 Å². The molecule has 138 valence electrons. The Bertz CT molecular complexity index is 712. The van der Waals surface area contributed by atoms with E-state index in [0.29, 0.717) is 12.0 Å². The van der Waals surface area contributed by atoms with E-state index >= 15 is 0 Å². The SMILES string of the molecule is SCCc1cc(NC2CCOCC2)cc(N2CC(c3ccccc3)C2)n1. The molecule has 0 spiro atoms. The topological polar surface area (TPSA) is 37.4 Å². The number of thiol groups is 1. The van der Waals surface area contributed by atoms with Gasteiger partial charge in [0.1, 0.15) is 5.82 Å². The van der Waals surface area contributed by atoms with E-state index in [1.54, 1.807) is 0 Å². The monoisotopic (exact) mass is 369 g/mol. The molecule has 2 aliphatic rings. The summed E-state index contributed by atoms with van der Waals surface area (Å²) < 4.78 is 5.47. The van der Waals surface area contributed by atoms with E-state index in [9.17, 15) is 0 Å². The van der Waals surface area contributed by atoms with Gasteiger partial charge < -0.3 is 15.0 Å². The largest absolute Gasteiger partial charge is 0.382 e. The minimum absolute atomic E-state index is 0.497. The first kappa shape index (κ1) is 17.7. The fourth-order valence-electron chi connectivity index (χ4n) is 3.74. The van der Waals surface area contributed by atoms with Gasteiger partial charge in [0.05, 0.1) is 0 Å². The van der Waals surface area contributed by atoms with Crippen LogP contribution >= 0.6 is 12.6 Å². The van der Waals surface area contributed by atoms with E-state index in [1.807, 2.05) is 0 Å². The Labute approximate surface area is 161 Å². The Morgan fingerprint density at radius 2 is 1.88 bits per heavy atom. The highest BCUT2D eigenvalue weighted by atomic mass is 32.1. The van der Waals surface area contributed by atoms with E-state index < -0.39 is 0 Å². The van der Waals surface area contributed by atoms with Gasteiger partial charge >= 0.3 is 0 Å². The maximum Gasteiger partial charge on any atom is 0.130 e. The lowest BCUT2D eigenvalue weighted by atomic mass is 9.91. The van der Waals surface area contributed by atoms with Gasteiger partial charge in [-0.3, -0.25) is 0 Å². The maximum absolute atomic E-state index is 5.47. The van der Waals surface area contributed by atoms with Crippen molar-refractivity contribution in [2.24, 2.45) is 0 Å². The Morgan fingerprint density at radius 3 is 2.62 bits per heavy atom. The lowest BCUT2D eigenvalue weighted by Crippen LogP contribution is -2.45. The second-order valence-electron chi connectivity index (χ2n) is 7.22.